The maximum absolute atomic E-state index is 5.55. The van der Waals surface area contributed by atoms with E-state index in [-0.39, 0.29) is 0 Å². The predicted octanol–water partition coefficient (Wildman–Crippen LogP) is 2.56. The van der Waals surface area contributed by atoms with E-state index in [1.807, 2.05) is 31.2 Å². The Labute approximate surface area is 82.3 Å². The first kappa shape index (κ1) is 8.81. The summed E-state index contributed by atoms with van der Waals surface area (Å²) in [6.07, 6.45) is 3.05. The fourth-order valence-corrected chi connectivity index (χ4v) is 1.18. The van der Waals surface area contributed by atoms with Crippen molar-refractivity contribution in [2.45, 2.75) is 13.5 Å². The molecule has 72 valence electrons. The molecule has 0 N–H and O–H groups in total. The molecule has 0 fully saturated rings. The molecular weight excluding hydrogens is 178 g/mol. The molecule has 0 aliphatic heterocycles. The fourth-order valence-electron chi connectivity index (χ4n) is 1.18. The highest BCUT2D eigenvalue weighted by atomic mass is 16.5. The third-order valence-corrected chi connectivity index (χ3v) is 1.95. The van der Waals surface area contributed by atoms with E-state index in [1.165, 1.54) is 6.39 Å². The molecule has 3 heteroatoms. The SMILES string of the molecule is Cc1ccccc1OCc1cnco1. The first-order chi connectivity index (χ1) is 6.86. The Morgan fingerprint density at radius 2 is 2.21 bits per heavy atom. The van der Waals surface area contributed by atoms with E-state index < -0.39 is 0 Å². The summed E-state index contributed by atoms with van der Waals surface area (Å²) < 4.78 is 10.6. The van der Waals surface area contributed by atoms with Crippen LogP contribution in [0.25, 0.3) is 0 Å². The summed E-state index contributed by atoms with van der Waals surface area (Å²) in [5.74, 6) is 1.61. The highest BCUT2D eigenvalue weighted by Gasteiger charge is 2.00. The van der Waals surface area contributed by atoms with E-state index in [2.05, 4.69) is 4.98 Å². The van der Waals surface area contributed by atoms with Crippen LogP contribution in [0.1, 0.15) is 11.3 Å². The van der Waals surface area contributed by atoms with Crippen LogP contribution < -0.4 is 4.74 Å². The summed E-state index contributed by atoms with van der Waals surface area (Å²) in [5, 5.41) is 0. The summed E-state index contributed by atoms with van der Waals surface area (Å²) in [6.45, 7) is 2.43. The monoisotopic (exact) mass is 189 g/mol. The number of aryl methyl sites for hydroxylation is 1. The van der Waals surface area contributed by atoms with E-state index in [4.69, 9.17) is 9.15 Å². The van der Waals surface area contributed by atoms with Gasteiger partial charge in [0, 0.05) is 0 Å². The number of hydrogen-bond acceptors (Lipinski definition) is 3. The molecule has 0 spiro atoms. The van der Waals surface area contributed by atoms with Gasteiger partial charge in [-0.1, -0.05) is 18.2 Å². The maximum atomic E-state index is 5.55. The summed E-state index contributed by atoms with van der Waals surface area (Å²) >= 11 is 0. The second-order valence-electron chi connectivity index (χ2n) is 3.02. The van der Waals surface area contributed by atoms with Crippen LogP contribution >= 0.6 is 0 Å². The van der Waals surface area contributed by atoms with Gasteiger partial charge in [0.15, 0.2) is 12.2 Å². The summed E-state index contributed by atoms with van der Waals surface area (Å²) in [7, 11) is 0. The van der Waals surface area contributed by atoms with Crippen molar-refractivity contribution >= 4 is 0 Å². The van der Waals surface area contributed by atoms with Crippen molar-refractivity contribution in [3.8, 4) is 5.75 Å². The van der Waals surface area contributed by atoms with Gasteiger partial charge in [0.05, 0.1) is 6.20 Å². The average molecular weight is 189 g/mol. The number of benzene rings is 1. The molecule has 0 bridgehead atoms. The first-order valence-corrected chi connectivity index (χ1v) is 4.42. The fraction of sp³-hybridized carbons (Fsp3) is 0.182. The highest BCUT2D eigenvalue weighted by Crippen LogP contribution is 2.17. The molecule has 1 aromatic heterocycles. The molecule has 1 aromatic carbocycles. The van der Waals surface area contributed by atoms with Gasteiger partial charge in [-0.2, -0.15) is 0 Å². The molecule has 1 heterocycles. The first-order valence-electron chi connectivity index (χ1n) is 4.42. The van der Waals surface area contributed by atoms with E-state index in [1.54, 1.807) is 6.20 Å². The Morgan fingerprint density at radius 1 is 1.36 bits per heavy atom. The van der Waals surface area contributed by atoms with Crippen molar-refractivity contribution < 1.29 is 9.15 Å². The molecule has 14 heavy (non-hydrogen) atoms. The molecular formula is C11H11NO2. The zero-order valence-electron chi connectivity index (χ0n) is 7.93. The zero-order chi connectivity index (χ0) is 9.80. The molecule has 3 nitrogen and oxygen atoms in total. The van der Waals surface area contributed by atoms with Crippen molar-refractivity contribution in [2.75, 3.05) is 0 Å². The zero-order valence-corrected chi connectivity index (χ0v) is 7.93. The number of ether oxygens (including phenoxy) is 1. The molecule has 0 aliphatic rings. The molecule has 0 unspecified atom stereocenters. The molecule has 2 rings (SSSR count). The van der Waals surface area contributed by atoms with Crippen LogP contribution in [0.4, 0.5) is 0 Å². The summed E-state index contributed by atoms with van der Waals surface area (Å²) in [5.41, 5.74) is 1.12. The highest BCUT2D eigenvalue weighted by molar-refractivity contribution is 5.31. The third kappa shape index (κ3) is 1.93. The Bertz CT molecular complexity index is 395. The van der Waals surface area contributed by atoms with Gasteiger partial charge in [0.25, 0.3) is 0 Å². The van der Waals surface area contributed by atoms with Crippen LogP contribution in [-0.2, 0) is 6.61 Å². The smallest absolute Gasteiger partial charge is 0.181 e. The second-order valence-corrected chi connectivity index (χ2v) is 3.02. The largest absolute Gasteiger partial charge is 0.485 e. The quantitative estimate of drug-likeness (QED) is 0.744. The van der Waals surface area contributed by atoms with Gasteiger partial charge >= 0.3 is 0 Å². The lowest BCUT2D eigenvalue weighted by atomic mass is 10.2. The standard InChI is InChI=1S/C11H11NO2/c1-9-4-2-3-5-11(9)13-7-10-6-12-8-14-10/h2-6,8H,7H2,1H3. The summed E-state index contributed by atoms with van der Waals surface area (Å²) in [4.78, 5) is 3.81. The molecule has 0 saturated heterocycles. The van der Waals surface area contributed by atoms with Crippen LogP contribution in [0, 0.1) is 6.92 Å². The number of oxazole rings is 1. The van der Waals surface area contributed by atoms with Crippen molar-refractivity contribution in [2.24, 2.45) is 0 Å². The van der Waals surface area contributed by atoms with Crippen LogP contribution in [0.5, 0.6) is 5.75 Å². The molecule has 0 radical (unpaired) electrons. The number of rotatable bonds is 3. The lowest BCUT2D eigenvalue weighted by Gasteiger charge is -2.06. The Morgan fingerprint density at radius 3 is 2.93 bits per heavy atom. The van der Waals surface area contributed by atoms with Crippen LogP contribution in [-0.4, -0.2) is 4.98 Å². The number of hydrogen-bond donors (Lipinski definition) is 0. The molecule has 0 aliphatic carbocycles. The van der Waals surface area contributed by atoms with Gasteiger partial charge in [0.2, 0.25) is 0 Å². The van der Waals surface area contributed by atoms with Gasteiger partial charge in [-0.3, -0.25) is 0 Å². The predicted molar refractivity (Wildman–Crippen MR) is 52.0 cm³/mol. The minimum absolute atomic E-state index is 0.421. The van der Waals surface area contributed by atoms with Gasteiger partial charge < -0.3 is 9.15 Å². The van der Waals surface area contributed by atoms with Crippen LogP contribution in [0.2, 0.25) is 0 Å². The lowest BCUT2D eigenvalue weighted by Crippen LogP contribution is -1.95. The maximum Gasteiger partial charge on any atom is 0.181 e. The lowest BCUT2D eigenvalue weighted by molar-refractivity contribution is 0.268. The second kappa shape index (κ2) is 3.96. The van der Waals surface area contributed by atoms with Crippen LogP contribution in [0.15, 0.2) is 41.3 Å². The van der Waals surface area contributed by atoms with E-state index in [0.29, 0.717) is 6.61 Å². The van der Waals surface area contributed by atoms with Crippen LogP contribution in [0.3, 0.4) is 0 Å². The molecule has 2 aromatic rings. The molecule has 0 saturated carbocycles. The van der Waals surface area contributed by atoms with Crippen molar-refractivity contribution in [3.05, 3.63) is 48.2 Å². The van der Waals surface area contributed by atoms with E-state index in [9.17, 15) is 0 Å². The summed E-state index contributed by atoms with van der Waals surface area (Å²) in [6, 6.07) is 7.88. The van der Waals surface area contributed by atoms with Crippen molar-refractivity contribution in [3.63, 3.8) is 0 Å². The van der Waals surface area contributed by atoms with E-state index in [0.717, 1.165) is 17.1 Å². The van der Waals surface area contributed by atoms with Gasteiger partial charge in [-0.25, -0.2) is 4.98 Å². The van der Waals surface area contributed by atoms with E-state index >= 15 is 0 Å². The normalized spacial score (nSPS) is 10.1. The molecule has 0 amide bonds. The molecule has 0 atom stereocenters. The van der Waals surface area contributed by atoms with Gasteiger partial charge in [0.1, 0.15) is 12.4 Å². The Kier molecular flexibility index (Phi) is 2.49. The Hall–Kier alpha value is -1.77. The topological polar surface area (TPSA) is 35.3 Å². The van der Waals surface area contributed by atoms with Gasteiger partial charge in [-0.15, -0.1) is 0 Å². The number of nitrogens with zero attached hydrogens (tertiary/aromatic N) is 1. The third-order valence-electron chi connectivity index (χ3n) is 1.95. The van der Waals surface area contributed by atoms with Crippen molar-refractivity contribution in [1.82, 2.24) is 4.98 Å². The Balaban J connectivity index is 2.02. The van der Waals surface area contributed by atoms with Gasteiger partial charge in [-0.05, 0) is 18.6 Å². The van der Waals surface area contributed by atoms with Crippen molar-refractivity contribution in [1.29, 1.82) is 0 Å². The average Bonchev–Trinajstić information content (AvgIpc) is 2.69. The minimum atomic E-state index is 0.421. The minimum Gasteiger partial charge on any atom is -0.485 e. The number of para-hydroxylation sites is 1. The number of aromatic nitrogens is 1.